The van der Waals surface area contributed by atoms with Crippen molar-refractivity contribution in [3.05, 3.63) is 59.9 Å². The van der Waals surface area contributed by atoms with Gasteiger partial charge in [0.2, 0.25) is 0 Å². The number of hydrogen-bond acceptors (Lipinski definition) is 4. The summed E-state index contributed by atoms with van der Waals surface area (Å²) in [6, 6.07) is 4.57. The first kappa shape index (κ1) is 25.3. The minimum atomic E-state index is 0.697. The van der Waals surface area contributed by atoms with Crippen molar-refractivity contribution in [3.8, 4) is 0 Å². The molecule has 0 spiro atoms. The van der Waals surface area contributed by atoms with Crippen LogP contribution >= 0.6 is 11.3 Å². The predicted octanol–water partition coefficient (Wildman–Crippen LogP) is 9.10. The van der Waals surface area contributed by atoms with Crippen molar-refractivity contribution < 1.29 is 5.11 Å². The first-order valence-corrected chi connectivity index (χ1v) is 13.4. The number of aliphatic hydroxyl groups is 1. The number of thiophene rings is 1. The van der Waals surface area contributed by atoms with E-state index >= 15 is 0 Å². The molecule has 1 N–H and O–H groups in total. The number of benzene rings is 1. The lowest BCUT2D eigenvalue weighted by Gasteiger charge is -2.31. The van der Waals surface area contributed by atoms with E-state index in [1.807, 2.05) is 17.4 Å². The van der Waals surface area contributed by atoms with Crippen molar-refractivity contribution in [2.45, 2.75) is 79.1 Å². The van der Waals surface area contributed by atoms with E-state index in [4.69, 9.17) is 10.1 Å². The Morgan fingerprint density at radius 2 is 1.91 bits per heavy atom. The predicted molar refractivity (Wildman–Crippen MR) is 147 cm³/mol. The number of amidine groups is 1. The summed E-state index contributed by atoms with van der Waals surface area (Å²) in [6.45, 7) is 14.4. The fourth-order valence-electron chi connectivity index (χ4n) is 4.55. The van der Waals surface area contributed by atoms with Gasteiger partial charge in [0.1, 0.15) is 10.8 Å². The van der Waals surface area contributed by atoms with Crippen LogP contribution in [-0.4, -0.2) is 22.4 Å². The fourth-order valence-corrected chi connectivity index (χ4v) is 5.78. The highest BCUT2D eigenvalue weighted by atomic mass is 32.1. The van der Waals surface area contributed by atoms with Gasteiger partial charge >= 0.3 is 0 Å². The zero-order valence-corrected chi connectivity index (χ0v) is 21.7. The molecule has 2 aromatic rings. The van der Waals surface area contributed by atoms with E-state index in [0.29, 0.717) is 12.5 Å². The molecule has 1 aromatic heterocycles. The molecule has 1 atom stereocenters. The van der Waals surface area contributed by atoms with Crippen LogP contribution in [0.15, 0.2) is 48.2 Å². The molecule has 0 saturated heterocycles. The molecule has 4 heteroatoms. The van der Waals surface area contributed by atoms with Crippen LogP contribution in [0.1, 0.15) is 82.4 Å². The zero-order chi connectivity index (χ0) is 23.8. The van der Waals surface area contributed by atoms with Gasteiger partial charge in [0.25, 0.3) is 0 Å². The third kappa shape index (κ3) is 5.97. The summed E-state index contributed by atoms with van der Waals surface area (Å²) < 4.78 is 1.36. The molecule has 0 radical (unpaired) electrons. The van der Waals surface area contributed by atoms with Gasteiger partial charge in [-0.1, -0.05) is 77.3 Å². The van der Waals surface area contributed by atoms with Gasteiger partial charge in [-0.05, 0) is 49.3 Å². The lowest BCUT2D eigenvalue weighted by molar-refractivity contribution is 0.471. The van der Waals surface area contributed by atoms with Crippen LogP contribution < -0.4 is 0 Å². The fraction of sp³-hybridized carbons (Fsp3) is 0.483. The Morgan fingerprint density at radius 1 is 1.12 bits per heavy atom. The molecule has 0 amide bonds. The first-order chi connectivity index (χ1) is 16.0. The standard InChI is InChI=1S/C29H40N2OS/c1-6-8-13-21(3)15-18-25-30-29-26(23(5)31(25)19-11-10-12-20-32)27-24(14-9-7-2)17-16-22(4)28(27)33-29/h10-12,16-17,20-21,32H,5-9,13-15,18-19H2,1-4H3/b11-10+,20-12-. The topological polar surface area (TPSA) is 35.8 Å². The quantitative estimate of drug-likeness (QED) is 0.251. The molecule has 3 rings (SSSR count). The Bertz CT molecular complexity index is 1040. The Balaban J connectivity index is 2.01. The molecule has 0 fully saturated rings. The molecule has 1 aliphatic heterocycles. The van der Waals surface area contributed by atoms with E-state index < -0.39 is 0 Å². The van der Waals surface area contributed by atoms with Crippen molar-refractivity contribution in [1.82, 2.24) is 4.90 Å². The van der Waals surface area contributed by atoms with Gasteiger partial charge in [-0.2, -0.15) is 0 Å². The molecule has 1 unspecified atom stereocenters. The van der Waals surface area contributed by atoms with Crippen molar-refractivity contribution in [2.24, 2.45) is 10.9 Å². The van der Waals surface area contributed by atoms with Crippen LogP contribution in [0.25, 0.3) is 15.8 Å². The SMILES string of the molecule is C=C1c2c(sc3c(C)ccc(CCCC)c23)N=C(CCC(C)CCCC)N1C/C=C/C=C\O. The Hall–Kier alpha value is -2.33. The minimum absolute atomic E-state index is 0.697. The number of aliphatic imine (C=N–C) groups is 1. The monoisotopic (exact) mass is 464 g/mol. The third-order valence-corrected chi connectivity index (χ3v) is 7.81. The molecule has 3 nitrogen and oxygen atoms in total. The van der Waals surface area contributed by atoms with Crippen LogP contribution in [0.5, 0.6) is 0 Å². The zero-order valence-electron chi connectivity index (χ0n) is 20.9. The smallest absolute Gasteiger partial charge is 0.128 e. The summed E-state index contributed by atoms with van der Waals surface area (Å²) in [5.74, 6) is 1.81. The van der Waals surface area contributed by atoms with E-state index in [1.54, 1.807) is 6.08 Å². The first-order valence-electron chi connectivity index (χ1n) is 12.6. The number of rotatable bonds is 12. The summed E-state index contributed by atoms with van der Waals surface area (Å²) in [6.07, 6.45) is 16.1. The molecule has 178 valence electrons. The lowest BCUT2D eigenvalue weighted by Crippen LogP contribution is -2.31. The second kappa shape index (κ2) is 12.2. The van der Waals surface area contributed by atoms with Crippen molar-refractivity contribution in [2.75, 3.05) is 6.54 Å². The molecular formula is C29H40N2OS. The lowest BCUT2D eigenvalue weighted by atomic mass is 9.95. The largest absolute Gasteiger partial charge is 0.516 e. The Morgan fingerprint density at radius 3 is 2.64 bits per heavy atom. The number of aliphatic hydroxyl groups excluding tert-OH is 1. The van der Waals surface area contributed by atoms with Gasteiger partial charge in [-0.25, -0.2) is 4.99 Å². The molecule has 1 aromatic carbocycles. The molecular weight excluding hydrogens is 424 g/mol. The number of allylic oxidation sites excluding steroid dienone is 2. The summed E-state index contributed by atoms with van der Waals surface area (Å²) in [4.78, 5) is 7.51. The molecule has 0 aliphatic carbocycles. The number of fused-ring (bicyclic) bond motifs is 3. The normalized spacial score (nSPS) is 15.1. The second-order valence-corrected chi connectivity index (χ2v) is 10.3. The number of aryl methyl sites for hydroxylation is 2. The van der Waals surface area contributed by atoms with Gasteiger partial charge in [0, 0.05) is 34.3 Å². The summed E-state index contributed by atoms with van der Waals surface area (Å²) in [5.41, 5.74) is 5.02. The van der Waals surface area contributed by atoms with E-state index in [2.05, 4.69) is 57.4 Å². The van der Waals surface area contributed by atoms with Gasteiger partial charge < -0.3 is 10.0 Å². The number of hydrogen-bond donors (Lipinski definition) is 1. The highest BCUT2D eigenvalue weighted by Gasteiger charge is 2.28. The number of nitrogens with zero attached hydrogens (tertiary/aromatic N) is 2. The number of unbranched alkanes of at least 4 members (excludes halogenated alkanes) is 2. The van der Waals surface area contributed by atoms with Crippen LogP contribution in [0, 0.1) is 12.8 Å². The highest BCUT2D eigenvalue weighted by molar-refractivity contribution is 7.23. The molecule has 1 aliphatic rings. The summed E-state index contributed by atoms with van der Waals surface area (Å²) >= 11 is 1.83. The van der Waals surface area contributed by atoms with E-state index in [1.165, 1.54) is 58.9 Å². The van der Waals surface area contributed by atoms with Crippen LogP contribution in [0.2, 0.25) is 0 Å². The average Bonchev–Trinajstić information content (AvgIpc) is 3.20. The van der Waals surface area contributed by atoms with Crippen LogP contribution in [0.3, 0.4) is 0 Å². The third-order valence-electron chi connectivity index (χ3n) is 6.59. The van der Waals surface area contributed by atoms with E-state index in [0.717, 1.165) is 42.1 Å². The van der Waals surface area contributed by atoms with E-state index in [9.17, 15) is 0 Å². The van der Waals surface area contributed by atoms with Crippen molar-refractivity contribution >= 4 is 38.0 Å². The van der Waals surface area contributed by atoms with Gasteiger partial charge in [-0.15, -0.1) is 11.3 Å². The van der Waals surface area contributed by atoms with Crippen LogP contribution in [0.4, 0.5) is 5.00 Å². The van der Waals surface area contributed by atoms with Gasteiger partial charge in [0.05, 0.1) is 6.26 Å². The highest BCUT2D eigenvalue weighted by Crippen LogP contribution is 2.48. The summed E-state index contributed by atoms with van der Waals surface area (Å²) in [7, 11) is 0. The molecule has 33 heavy (non-hydrogen) atoms. The van der Waals surface area contributed by atoms with Gasteiger partial charge in [-0.3, -0.25) is 0 Å². The molecule has 0 saturated carbocycles. The van der Waals surface area contributed by atoms with Crippen molar-refractivity contribution in [3.63, 3.8) is 0 Å². The second-order valence-electron chi connectivity index (χ2n) is 9.27. The minimum Gasteiger partial charge on any atom is -0.516 e. The average molecular weight is 465 g/mol. The maximum atomic E-state index is 8.99. The molecule has 2 heterocycles. The van der Waals surface area contributed by atoms with Crippen molar-refractivity contribution in [1.29, 1.82) is 0 Å². The molecule has 0 bridgehead atoms. The van der Waals surface area contributed by atoms with Gasteiger partial charge in [0.15, 0.2) is 0 Å². The summed E-state index contributed by atoms with van der Waals surface area (Å²) in [5, 5.41) is 11.5. The maximum Gasteiger partial charge on any atom is 0.128 e. The Kier molecular flexibility index (Phi) is 9.37. The van der Waals surface area contributed by atoms with Crippen LogP contribution in [-0.2, 0) is 6.42 Å². The van der Waals surface area contributed by atoms with E-state index in [-0.39, 0.29) is 0 Å². The Labute approximate surface area is 204 Å². The maximum absolute atomic E-state index is 8.99.